The number of para-hydroxylation sites is 1. The zero-order valence-electron chi connectivity index (χ0n) is 16.5. The zero-order valence-corrected chi connectivity index (χ0v) is 16.5. The molecule has 2 amide bonds. The summed E-state index contributed by atoms with van der Waals surface area (Å²) in [7, 11) is 0. The fourth-order valence-corrected chi connectivity index (χ4v) is 4.02. The number of aromatic nitrogens is 2. The van der Waals surface area contributed by atoms with Gasteiger partial charge in [0.05, 0.1) is 0 Å². The van der Waals surface area contributed by atoms with Crippen LogP contribution >= 0.6 is 0 Å². The van der Waals surface area contributed by atoms with E-state index in [1.54, 1.807) is 13.0 Å². The molecule has 2 aromatic heterocycles. The minimum atomic E-state index is -0.694. The van der Waals surface area contributed by atoms with Crippen molar-refractivity contribution in [2.45, 2.75) is 51.5 Å². The Morgan fingerprint density at radius 2 is 2.03 bits per heavy atom. The van der Waals surface area contributed by atoms with Crippen molar-refractivity contribution in [3.8, 4) is 0 Å². The van der Waals surface area contributed by atoms with Crippen molar-refractivity contribution in [2.75, 3.05) is 5.32 Å². The number of amides is 2. The molecule has 1 aliphatic rings. The highest BCUT2D eigenvalue weighted by Gasteiger charge is 2.28. The van der Waals surface area contributed by atoms with Gasteiger partial charge in [-0.15, -0.1) is 0 Å². The molecule has 0 radical (unpaired) electrons. The molecule has 3 aromatic rings. The lowest BCUT2D eigenvalue weighted by Gasteiger charge is -2.24. The Labute approximate surface area is 169 Å². The number of benzene rings is 1. The van der Waals surface area contributed by atoms with Gasteiger partial charge in [-0.2, -0.15) is 0 Å². The molecule has 7 heteroatoms. The third-order valence-electron chi connectivity index (χ3n) is 5.59. The van der Waals surface area contributed by atoms with E-state index in [0.29, 0.717) is 18.0 Å². The van der Waals surface area contributed by atoms with Gasteiger partial charge in [-0.25, -0.2) is 0 Å². The predicted octanol–water partition coefficient (Wildman–Crippen LogP) is 3.71. The van der Waals surface area contributed by atoms with Crippen LogP contribution in [0.25, 0.3) is 10.9 Å². The lowest BCUT2D eigenvalue weighted by Crippen LogP contribution is -2.47. The molecule has 7 nitrogen and oxygen atoms in total. The molecule has 152 valence electrons. The second-order valence-corrected chi connectivity index (χ2v) is 7.77. The summed E-state index contributed by atoms with van der Waals surface area (Å²) >= 11 is 0. The average Bonchev–Trinajstić information content (AvgIpc) is 3.34. The Morgan fingerprint density at radius 3 is 2.79 bits per heavy atom. The van der Waals surface area contributed by atoms with Crippen molar-refractivity contribution in [3.05, 3.63) is 47.9 Å². The summed E-state index contributed by atoms with van der Waals surface area (Å²) in [6, 6.07) is 8.90. The van der Waals surface area contributed by atoms with E-state index in [2.05, 4.69) is 20.8 Å². The van der Waals surface area contributed by atoms with Gasteiger partial charge in [0.25, 0.3) is 0 Å². The minimum Gasteiger partial charge on any atom is -0.361 e. The van der Waals surface area contributed by atoms with E-state index in [1.165, 1.54) is 6.42 Å². The number of aryl methyl sites for hydroxylation is 1. The number of nitrogens with one attached hydrogen (secondary N) is 3. The molecule has 1 saturated carbocycles. The molecule has 4 rings (SSSR count). The maximum Gasteiger partial charge on any atom is 0.248 e. The fourth-order valence-electron chi connectivity index (χ4n) is 4.02. The Morgan fingerprint density at radius 1 is 1.24 bits per heavy atom. The van der Waals surface area contributed by atoms with Gasteiger partial charge in [0, 0.05) is 35.5 Å². The van der Waals surface area contributed by atoms with Gasteiger partial charge < -0.3 is 20.1 Å². The number of aromatic amines is 1. The van der Waals surface area contributed by atoms with Crippen molar-refractivity contribution in [1.82, 2.24) is 15.5 Å². The van der Waals surface area contributed by atoms with Crippen molar-refractivity contribution < 1.29 is 14.1 Å². The Balaban J connectivity index is 1.53. The molecule has 0 aliphatic heterocycles. The van der Waals surface area contributed by atoms with Crippen LogP contribution in [-0.4, -0.2) is 28.0 Å². The summed E-state index contributed by atoms with van der Waals surface area (Å²) in [5, 5.41) is 10.6. The molecule has 3 N–H and O–H groups in total. The number of carbonyl (C=O) groups excluding carboxylic acids is 2. The molecule has 1 aliphatic carbocycles. The highest BCUT2D eigenvalue weighted by Crippen LogP contribution is 2.24. The van der Waals surface area contributed by atoms with Crippen LogP contribution in [-0.2, 0) is 16.0 Å². The van der Waals surface area contributed by atoms with Crippen molar-refractivity contribution >= 4 is 28.5 Å². The van der Waals surface area contributed by atoms with E-state index in [1.807, 2.05) is 30.5 Å². The van der Waals surface area contributed by atoms with Gasteiger partial charge in [0.2, 0.25) is 11.8 Å². The number of nitrogens with zero attached hydrogens (tertiary/aromatic N) is 1. The standard InChI is InChI=1S/C22H26N4O3/c1-14-11-20(26-29-14)25-22(28)19(24-21(27)15-7-3-2-4-8-15)12-16-13-23-18-10-6-5-9-17(16)18/h5-6,9-11,13,15,19,23H,2-4,7-8,12H2,1H3,(H,24,27)(H,25,26,28)/t19-/m0/s1. The van der Waals surface area contributed by atoms with E-state index < -0.39 is 6.04 Å². The predicted molar refractivity (Wildman–Crippen MR) is 110 cm³/mol. The summed E-state index contributed by atoms with van der Waals surface area (Å²) in [5.41, 5.74) is 1.99. The largest absolute Gasteiger partial charge is 0.361 e. The molecule has 0 spiro atoms. The highest BCUT2D eigenvalue weighted by atomic mass is 16.5. The lowest BCUT2D eigenvalue weighted by atomic mass is 9.88. The first-order valence-corrected chi connectivity index (χ1v) is 10.2. The molecule has 1 fully saturated rings. The smallest absolute Gasteiger partial charge is 0.248 e. The molecule has 29 heavy (non-hydrogen) atoms. The third kappa shape index (κ3) is 4.50. The number of fused-ring (bicyclic) bond motifs is 1. The highest BCUT2D eigenvalue weighted by molar-refractivity contribution is 5.97. The van der Waals surface area contributed by atoms with E-state index in [9.17, 15) is 9.59 Å². The van der Waals surface area contributed by atoms with Crippen molar-refractivity contribution in [2.24, 2.45) is 5.92 Å². The monoisotopic (exact) mass is 394 g/mol. The van der Waals surface area contributed by atoms with Crippen molar-refractivity contribution in [1.29, 1.82) is 0 Å². The first-order chi connectivity index (χ1) is 14.1. The average molecular weight is 394 g/mol. The van der Waals surface area contributed by atoms with E-state index in [4.69, 9.17) is 4.52 Å². The van der Waals surface area contributed by atoms with Crippen LogP contribution in [0.2, 0.25) is 0 Å². The molecule has 0 bridgehead atoms. The molecule has 0 unspecified atom stereocenters. The molecular weight excluding hydrogens is 368 g/mol. The van der Waals surface area contributed by atoms with Gasteiger partial charge in [0.1, 0.15) is 11.8 Å². The van der Waals surface area contributed by atoms with Crippen LogP contribution in [0.4, 0.5) is 5.82 Å². The van der Waals surface area contributed by atoms with Crippen LogP contribution in [0.1, 0.15) is 43.4 Å². The number of H-pyrrole nitrogens is 1. The van der Waals surface area contributed by atoms with Crippen LogP contribution in [0.5, 0.6) is 0 Å². The summed E-state index contributed by atoms with van der Waals surface area (Å²) in [5.74, 6) is 0.605. The normalized spacial score (nSPS) is 15.9. The topological polar surface area (TPSA) is 100 Å². The number of anilines is 1. The quantitative estimate of drug-likeness (QED) is 0.593. The number of rotatable bonds is 6. The number of carbonyl (C=O) groups is 2. The van der Waals surface area contributed by atoms with Gasteiger partial charge >= 0.3 is 0 Å². The molecule has 1 aromatic carbocycles. The van der Waals surface area contributed by atoms with Gasteiger partial charge in [0.15, 0.2) is 5.82 Å². The molecular formula is C22H26N4O3. The van der Waals surface area contributed by atoms with Gasteiger partial charge in [-0.05, 0) is 31.4 Å². The van der Waals surface area contributed by atoms with Crippen LogP contribution in [0, 0.1) is 12.8 Å². The third-order valence-corrected chi connectivity index (χ3v) is 5.59. The summed E-state index contributed by atoms with van der Waals surface area (Å²) in [4.78, 5) is 29.0. The van der Waals surface area contributed by atoms with Crippen LogP contribution < -0.4 is 10.6 Å². The van der Waals surface area contributed by atoms with Gasteiger partial charge in [-0.1, -0.05) is 42.6 Å². The number of hydrogen-bond acceptors (Lipinski definition) is 4. The summed E-state index contributed by atoms with van der Waals surface area (Å²) in [6.45, 7) is 1.76. The Hall–Kier alpha value is -3.09. The molecule has 1 atom stereocenters. The molecule has 2 heterocycles. The first-order valence-electron chi connectivity index (χ1n) is 10.2. The van der Waals surface area contributed by atoms with Gasteiger partial charge in [-0.3, -0.25) is 9.59 Å². The molecule has 0 saturated heterocycles. The first kappa shape index (κ1) is 19.2. The van der Waals surface area contributed by atoms with E-state index >= 15 is 0 Å². The van der Waals surface area contributed by atoms with Crippen molar-refractivity contribution in [3.63, 3.8) is 0 Å². The number of hydrogen-bond donors (Lipinski definition) is 3. The summed E-state index contributed by atoms with van der Waals surface area (Å²) < 4.78 is 5.03. The maximum absolute atomic E-state index is 13.0. The minimum absolute atomic E-state index is 0.0173. The van der Waals surface area contributed by atoms with Crippen LogP contribution in [0.3, 0.4) is 0 Å². The SMILES string of the molecule is Cc1cc(NC(=O)[C@H](Cc2c[nH]c3ccccc23)NC(=O)C2CCCCC2)no1. The van der Waals surface area contributed by atoms with E-state index in [0.717, 1.165) is 42.1 Å². The Kier molecular flexibility index (Phi) is 5.64. The van der Waals surface area contributed by atoms with E-state index in [-0.39, 0.29) is 17.7 Å². The summed E-state index contributed by atoms with van der Waals surface area (Å²) in [6.07, 6.45) is 7.37. The Bertz CT molecular complexity index is 1000. The maximum atomic E-state index is 13.0. The van der Waals surface area contributed by atoms with Crippen LogP contribution in [0.15, 0.2) is 41.1 Å². The lowest BCUT2D eigenvalue weighted by molar-refractivity contribution is -0.130. The second kappa shape index (κ2) is 8.51. The second-order valence-electron chi connectivity index (χ2n) is 7.77. The zero-order chi connectivity index (χ0) is 20.2. The fraction of sp³-hybridized carbons (Fsp3) is 0.409.